The van der Waals surface area contributed by atoms with E-state index in [4.69, 9.17) is 4.74 Å². The standard InChI is InChI=1S/C13H19N3O2/c17-12(11-9-14-16-15-11)10-4-7-18-13(8-10)5-2-1-3-6-13/h9-10H,1-8H2,(H,14,15,16). The zero-order valence-electron chi connectivity index (χ0n) is 10.5. The molecule has 18 heavy (non-hydrogen) atoms. The van der Waals surface area contributed by atoms with Crippen molar-refractivity contribution in [1.29, 1.82) is 0 Å². The van der Waals surface area contributed by atoms with E-state index >= 15 is 0 Å². The van der Waals surface area contributed by atoms with Crippen molar-refractivity contribution in [1.82, 2.24) is 15.4 Å². The lowest BCUT2D eigenvalue weighted by molar-refractivity contribution is -0.111. The number of carbonyl (C=O) groups is 1. The van der Waals surface area contributed by atoms with Crippen LogP contribution in [-0.2, 0) is 4.74 Å². The number of aromatic nitrogens is 3. The SMILES string of the molecule is O=C(c1cn[nH]n1)C1CCOC2(CCCCC2)C1. The second-order valence-corrected chi connectivity index (χ2v) is 5.50. The molecule has 1 N–H and O–H groups in total. The van der Waals surface area contributed by atoms with E-state index in [0.29, 0.717) is 12.3 Å². The van der Waals surface area contributed by atoms with Crippen molar-refractivity contribution in [2.75, 3.05) is 6.61 Å². The number of hydrogen-bond donors (Lipinski definition) is 1. The third-order valence-corrected chi connectivity index (χ3v) is 4.30. The fourth-order valence-electron chi connectivity index (χ4n) is 3.33. The Morgan fingerprint density at radius 1 is 1.39 bits per heavy atom. The summed E-state index contributed by atoms with van der Waals surface area (Å²) in [6, 6.07) is 0. The minimum absolute atomic E-state index is 0.0272. The van der Waals surface area contributed by atoms with Crippen LogP contribution in [0.1, 0.15) is 55.4 Å². The van der Waals surface area contributed by atoms with Crippen LogP contribution in [0.25, 0.3) is 0 Å². The molecule has 2 fully saturated rings. The van der Waals surface area contributed by atoms with E-state index in [0.717, 1.165) is 25.7 Å². The Kier molecular flexibility index (Phi) is 3.16. The smallest absolute Gasteiger partial charge is 0.187 e. The fourth-order valence-corrected chi connectivity index (χ4v) is 3.33. The molecule has 1 aromatic heterocycles. The number of rotatable bonds is 2. The van der Waals surface area contributed by atoms with Gasteiger partial charge >= 0.3 is 0 Å². The minimum Gasteiger partial charge on any atom is -0.375 e. The molecule has 2 aliphatic rings. The van der Waals surface area contributed by atoms with Crippen LogP contribution in [0.5, 0.6) is 0 Å². The highest BCUT2D eigenvalue weighted by Gasteiger charge is 2.41. The van der Waals surface area contributed by atoms with Crippen molar-refractivity contribution >= 4 is 5.78 Å². The number of nitrogens with zero attached hydrogens (tertiary/aromatic N) is 2. The number of carbonyl (C=O) groups excluding carboxylic acids is 1. The monoisotopic (exact) mass is 249 g/mol. The zero-order chi connectivity index (χ0) is 12.4. The largest absolute Gasteiger partial charge is 0.375 e. The molecule has 2 heterocycles. The third kappa shape index (κ3) is 2.19. The van der Waals surface area contributed by atoms with Gasteiger partial charge in [-0.15, -0.1) is 0 Å². The molecule has 5 heteroatoms. The molecule has 1 aliphatic heterocycles. The molecule has 0 amide bonds. The van der Waals surface area contributed by atoms with E-state index in [-0.39, 0.29) is 17.3 Å². The number of H-pyrrole nitrogens is 1. The summed E-state index contributed by atoms with van der Waals surface area (Å²) in [5, 5.41) is 10.1. The van der Waals surface area contributed by atoms with E-state index < -0.39 is 0 Å². The van der Waals surface area contributed by atoms with Crippen molar-refractivity contribution in [3.63, 3.8) is 0 Å². The van der Waals surface area contributed by atoms with Gasteiger partial charge in [-0.3, -0.25) is 4.79 Å². The molecule has 5 nitrogen and oxygen atoms in total. The van der Waals surface area contributed by atoms with Crippen molar-refractivity contribution in [3.05, 3.63) is 11.9 Å². The number of aromatic amines is 1. The second-order valence-electron chi connectivity index (χ2n) is 5.50. The Balaban J connectivity index is 1.72. The molecule has 1 spiro atoms. The van der Waals surface area contributed by atoms with Crippen LogP contribution in [0, 0.1) is 5.92 Å². The van der Waals surface area contributed by atoms with Crippen LogP contribution < -0.4 is 0 Å². The van der Waals surface area contributed by atoms with Crippen molar-refractivity contribution < 1.29 is 9.53 Å². The lowest BCUT2D eigenvalue weighted by atomic mass is 9.75. The van der Waals surface area contributed by atoms with Crippen LogP contribution in [0.15, 0.2) is 6.20 Å². The Morgan fingerprint density at radius 3 is 2.94 bits per heavy atom. The first-order valence-corrected chi connectivity index (χ1v) is 6.83. The van der Waals surface area contributed by atoms with Gasteiger partial charge in [0.1, 0.15) is 5.69 Å². The zero-order valence-corrected chi connectivity index (χ0v) is 10.5. The van der Waals surface area contributed by atoms with E-state index in [1.807, 2.05) is 0 Å². The maximum absolute atomic E-state index is 12.3. The van der Waals surface area contributed by atoms with E-state index in [1.54, 1.807) is 0 Å². The summed E-state index contributed by atoms with van der Waals surface area (Å²) in [6.07, 6.45) is 9.16. The van der Waals surface area contributed by atoms with Gasteiger partial charge in [-0.2, -0.15) is 15.4 Å². The van der Waals surface area contributed by atoms with Gasteiger partial charge in [-0.05, 0) is 25.7 Å². The van der Waals surface area contributed by atoms with Gasteiger partial charge in [0, 0.05) is 12.5 Å². The highest BCUT2D eigenvalue weighted by atomic mass is 16.5. The molecule has 1 aliphatic carbocycles. The average molecular weight is 249 g/mol. The Labute approximate surface area is 106 Å². The highest BCUT2D eigenvalue weighted by Crippen LogP contribution is 2.41. The first-order chi connectivity index (χ1) is 8.79. The van der Waals surface area contributed by atoms with Crippen LogP contribution in [-0.4, -0.2) is 33.4 Å². The number of ether oxygens (including phenoxy) is 1. The number of hydrogen-bond acceptors (Lipinski definition) is 4. The maximum Gasteiger partial charge on any atom is 0.187 e. The van der Waals surface area contributed by atoms with Gasteiger partial charge in [0.25, 0.3) is 0 Å². The summed E-state index contributed by atoms with van der Waals surface area (Å²) in [7, 11) is 0. The van der Waals surface area contributed by atoms with Gasteiger partial charge in [-0.25, -0.2) is 0 Å². The topological polar surface area (TPSA) is 67.9 Å². The first kappa shape index (κ1) is 11.8. The van der Waals surface area contributed by atoms with Gasteiger partial charge in [0.2, 0.25) is 0 Å². The van der Waals surface area contributed by atoms with Crippen molar-refractivity contribution in [3.8, 4) is 0 Å². The Hall–Kier alpha value is -1.23. The molecule has 98 valence electrons. The predicted octanol–water partition coefficient (Wildman–Crippen LogP) is 2.12. The number of nitrogens with one attached hydrogen (secondary N) is 1. The summed E-state index contributed by atoms with van der Waals surface area (Å²) in [5.74, 6) is 0.180. The summed E-state index contributed by atoms with van der Waals surface area (Å²) < 4.78 is 6.01. The van der Waals surface area contributed by atoms with E-state index in [2.05, 4.69) is 15.4 Å². The lowest BCUT2D eigenvalue weighted by Crippen LogP contribution is -2.43. The summed E-state index contributed by atoms with van der Waals surface area (Å²) in [4.78, 5) is 12.3. The maximum atomic E-state index is 12.3. The van der Waals surface area contributed by atoms with Gasteiger partial charge in [0.05, 0.1) is 11.8 Å². The quantitative estimate of drug-likeness (QED) is 0.815. The molecule has 1 saturated carbocycles. The van der Waals surface area contributed by atoms with Crippen LogP contribution in [0.4, 0.5) is 0 Å². The first-order valence-electron chi connectivity index (χ1n) is 6.83. The second kappa shape index (κ2) is 4.80. The van der Waals surface area contributed by atoms with Crippen molar-refractivity contribution in [2.45, 2.75) is 50.5 Å². The highest BCUT2D eigenvalue weighted by molar-refractivity contribution is 5.95. The molecule has 1 aromatic rings. The third-order valence-electron chi connectivity index (χ3n) is 4.30. The molecule has 0 bridgehead atoms. The summed E-state index contributed by atoms with van der Waals surface area (Å²) in [6.45, 7) is 0.703. The summed E-state index contributed by atoms with van der Waals surface area (Å²) >= 11 is 0. The van der Waals surface area contributed by atoms with E-state index in [9.17, 15) is 4.79 Å². The van der Waals surface area contributed by atoms with Crippen LogP contribution in [0.3, 0.4) is 0 Å². The predicted molar refractivity (Wildman–Crippen MR) is 65.2 cm³/mol. The van der Waals surface area contributed by atoms with Gasteiger partial charge < -0.3 is 4.74 Å². The van der Waals surface area contributed by atoms with E-state index in [1.165, 1.54) is 25.5 Å². The Morgan fingerprint density at radius 2 is 2.22 bits per heavy atom. The number of ketones is 1. The molecule has 0 aromatic carbocycles. The number of Topliss-reactive ketones (excluding diaryl/α,β-unsaturated/α-hetero) is 1. The Bertz CT molecular complexity index is 404. The van der Waals surface area contributed by atoms with Gasteiger partial charge in [-0.1, -0.05) is 19.3 Å². The molecule has 3 rings (SSSR count). The molecule has 1 saturated heterocycles. The van der Waals surface area contributed by atoms with Crippen LogP contribution in [0.2, 0.25) is 0 Å². The summed E-state index contributed by atoms with van der Waals surface area (Å²) in [5.41, 5.74) is 0.438. The fraction of sp³-hybridized carbons (Fsp3) is 0.769. The molecule has 0 radical (unpaired) electrons. The molecule has 1 atom stereocenters. The molecular weight excluding hydrogens is 230 g/mol. The van der Waals surface area contributed by atoms with Gasteiger partial charge in [0.15, 0.2) is 5.78 Å². The average Bonchev–Trinajstić information content (AvgIpc) is 2.93. The lowest BCUT2D eigenvalue weighted by Gasteiger charge is -2.43. The van der Waals surface area contributed by atoms with Crippen LogP contribution >= 0.6 is 0 Å². The molecular formula is C13H19N3O2. The molecule has 1 unspecified atom stereocenters. The minimum atomic E-state index is -0.0272. The normalized spacial score (nSPS) is 27.2. The van der Waals surface area contributed by atoms with Crippen molar-refractivity contribution in [2.24, 2.45) is 5.92 Å².